The van der Waals surface area contributed by atoms with Gasteiger partial charge < -0.3 is 34.7 Å². The van der Waals surface area contributed by atoms with Crippen LogP contribution < -0.4 is 10.1 Å². The standard InChI is InChI=1S/C28H28ClN3O5/c29-21-12-23-22(31-28(32-23)37-26-15-36-25(14-33)27(26)34)11-20(21)18-5-1-16(2-6-18)17-3-7-19(8-4-17)24-13-30-9-10-35-24/h1-8,11-12,24-27,30,33-34H,9-10,13-15H2,(H,31,32)/t24?,25-,26-,27-/m1/s1. The van der Waals surface area contributed by atoms with Crippen LogP contribution in [0.15, 0.2) is 60.7 Å². The number of morpholine rings is 1. The Bertz CT molecular complexity index is 1370. The van der Waals surface area contributed by atoms with E-state index in [0.29, 0.717) is 10.5 Å². The lowest BCUT2D eigenvalue weighted by Crippen LogP contribution is -2.36. The number of nitrogens with one attached hydrogen (secondary N) is 2. The summed E-state index contributed by atoms with van der Waals surface area (Å²) >= 11 is 6.63. The summed E-state index contributed by atoms with van der Waals surface area (Å²) in [6.45, 7) is 2.38. The summed E-state index contributed by atoms with van der Waals surface area (Å²) in [7, 11) is 0. The van der Waals surface area contributed by atoms with E-state index >= 15 is 0 Å². The van der Waals surface area contributed by atoms with Gasteiger partial charge in [0, 0.05) is 18.7 Å². The molecule has 2 aliphatic heterocycles. The summed E-state index contributed by atoms with van der Waals surface area (Å²) in [5.74, 6) is 0. The molecule has 4 N–H and O–H groups in total. The van der Waals surface area contributed by atoms with Gasteiger partial charge in [0.25, 0.3) is 6.01 Å². The fraction of sp³-hybridized carbons (Fsp3) is 0.321. The van der Waals surface area contributed by atoms with E-state index in [4.69, 9.17) is 25.8 Å². The second-order valence-electron chi connectivity index (χ2n) is 9.36. The highest BCUT2D eigenvalue weighted by Gasteiger charge is 2.37. The minimum atomic E-state index is -0.926. The molecule has 4 atom stereocenters. The van der Waals surface area contributed by atoms with Crippen LogP contribution in [-0.4, -0.2) is 71.4 Å². The summed E-state index contributed by atoms with van der Waals surface area (Å²) in [6, 6.07) is 20.8. The first-order valence-electron chi connectivity index (χ1n) is 12.4. The average Bonchev–Trinajstić information content (AvgIpc) is 3.50. The number of imidazole rings is 1. The molecule has 4 aromatic rings. The fourth-order valence-corrected chi connectivity index (χ4v) is 5.13. The van der Waals surface area contributed by atoms with E-state index in [1.165, 1.54) is 5.56 Å². The van der Waals surface area contributed by atoms with Gasteiger partial charge in [0.15, 0.2) is 6.10 Å². The van der Waals surface area contributed by atoms with Crippen molar-refractivity contribution in [3.8, 4) is 28.3 Å². The third-order valence-electron chi connectivity index (χ3n) is 6.97. The molecule has 2 saturated heterocycles. The summed E-state index contributed by atoms with van der Waals surface area (Å²) in [5.41, 5.74) is 6.69. The molecule has 0 saturated carbocycles. The van der Waals surface area contributed by atoms with Crippen LogP contribution in [0.5, 0.6) is 6.01 Å². The Morgan fingerprint density at radius 1 is 1.00 bits per heavy atom. The molecule has 0 bridgehead atoms. The topological polar surface area (TPSA) is 109 Å². The molecule has 3 aromatic carbocycles. The smallest absolute Gasteiger partial charge is 0.295 e. The number of ether oxygens (including phenoxy) is 3. The van der Waals surface area contributed by atoms with Crippen molar-refractivity contribution in [2.75, 3.05) is 32.9 Å². The molecule has 1 unspecified atom stereocenters. The van der Waals surface area contributed by atoms with Crippen molar-refractivity contribution < 1.29 is 24.4 Å². The lowest BCUT2D eigenvalue weighted by atomic mass is 9.98. The number of fused-ring (bicyclic) bond motifs is 1. The highest BCUT2D eigenvalue weighted by Crippen LogP contribution is 2.34. The molecule has 1 aromatic heterocycles. The predicted molar refractivity (Wildman–Crippen MR) is 141 cm³/mol. The van der Waals surface area contributed by atoms with Gasteiger partial charge in [0.1, 0.15) is 12.2 Å². The summed E-state index contributed by atoms with van der Waals surface area (Å²) in [4.78, 5) is 7.61. The number of aromatic nitrogens is 2. The Balaban J connectivity index is 1.19. The van der Waals surface area contributed by atoms with Crippen molar-refractivity contribution in [1.29, 1.82) is 0 Å². The van der Waals surface area contributed by atoms with Crippen molar-refractivity contribution in [1.82, 2.24) is 15.3 Å². The maximum absolute atomic E-state index is 10.2. The predicted octanol–water partition coefficient (Wildman–Crippen LogP) is 3.71. The molecule has 0 aliphatic carbocycles. The molecule has 8 nitrogen and oxygen atoms in total. The Kier molecular flexibility index (Phi) is 6.86. The largest absolute Gasteiger partial charge is 0.456 e. The minimum absolute atomic E-state index is 0.101. The van der Waals surface area contributed by atoms with E-state index in [1.807, 2.05) is 12.1 Å². The number of H-pyrrole nitrogens is 1. The third kappa shape index (κ3) is 4.96. The number of rotatable bonds is 6. The lowest BCUT2D eigenvalue weighted by molar-refractivity contribution is -0.00390. The molecule has 6 rings (SSSR count). The van der Waals surface area contributed by atoms with Crippen LogP contribution in [0.4, 0.5) is 0 Å². The Hall–Kier alpha value is -2.98. The van der Waals surface area contributed by atoms with Crippen LogP contribution >= 0.6 is 11.6 Å². The van der Waals surface area contributed by atoms with Gasteiger partial charge >= 0.3 is 0 Å². The highest BCUT2D eigenvalue weighted by atomic mass is 35.5. The zero-order chi connectivity index (χ0) is 25.4. The Morgan fingerprint density at radius 2 is 1.73 bits per heavy atom. The van der Waals surface area contributed by atoms with Gasteiger partial charge in [-0.05, 0) is 34.4 Å². The number of nitrogens with zero attached hydrogens (tertiary/aromatic N) is 1. The normalized spacial score (nSPS) is 24.0. The quantitative estimate of drug-likeness (QED) is 0.306. The van der Waals surface area contributed by atoms with Gasteiger partial charge in [0.2, 0.25) is 0 Å². The average molecular weight is 522 g/mol. The van der Waals surface area contributed by atoms with Gasteiger partial charge in [-0.25, -0.2) is 0 Å². The van der Waals surface area contributed by atoms with Gasteiger partial charge in [-0.2, -0.15) is 4.98 Å². The maximum Gasteiger partial charge on any atom is 0.295 e. The van der Waals surface area contributed by atoms with Gasteiger partial charge in [-0.15, -0.1) is 0 Å². The molecule has 2 fully saturated rings. The third-order valence-corrected chi connectivity index (χ3v) is 7.28. The molecule has 9 heteroatoms. The van der Waals surface area contributed by atoms with Crippen LogP contribution in [0.1, 0.15) is 11.7 Å². The first-order chi connectivity index (χ1) is 18.1. The zero-order valence-corrected chi connectivity index (χ0v) is 20.8. The molecular weight excluding hydrogens is 494 g/mol. The van der Waals surface area contributed by atoms with Gasteiger partial charge in [-0.1, -0.05) is 60.1 Å². The molecule has 2 aliphatic rings. The zero-order valence-electron chi connectivity index (χ0n) is 20.1. The van der Waals surface area contributed by atoms with E-state index in [1.54, 1.807) is 0 Å². The fourth-order valence-electron chi connectivity index (χ4n) is 4.86. The number of benzene rings is 3. The van der Waals surface area contributed by atoms with Crippen LogP contribution in [0.2, 0.25) is 5.02 Å². The van der Waals surface area contributed by atoms with E-state index in [9.17, 15) is 10.2 Å². The number of aliphatic hydroxyl groups is 2. The van der Waals surface area contributed by atoms with E-state index in [2.05, 4.69) is 63.8 Å². The van der Waals surface area contributed by atoms with Gasteiger partial charge in [-0.3, -0.25) is 0 Å². The van der Waals surface area contributed by atoms with E-state index in [0.717, 1.165) is 47.5 Å². The number of aliphatic hydroxyl groups excluding tert-OH is 2. The molecule has 37 heavy (non-hydrogen) atoms. The van der Waals surface area contributed by atoms with E-state index in [-0.39, 0.29) is 25.3 Å². The van der Waals surface area contributed by atoms with Crippen LogP contribution in [0.3, 0.4) is 0 Å². The Morgan fingerprint density at radius 3 is 2.41 bits per heavy atom. The Labute approximate surface area is 219 Å². The van der Waals surface area contributed by atoms with Crippen LogP contribution in [0.25, 0.3) is 33.3 Å². The molecule has 3 heterocycles. The van der Waals surface area contributed by atoms with Gasteiger partial charge in [0.05, 0.1) is 42.0 Å². The first kappa shape index (κ1) is 24.4. The maximum atomic E-state index is 10.2. The monoisotopic (exact) mass is 521 g/mol. The molecule has 0 radical (unpaired) electrons. The van der Waals surface area contributed by atoms with Crippen molar-refractivity contribution in [3.05, 3.63) is 71.2 Å². The van der Waals surface area contributed by atoms with Crippen molar-refractivity contribution >= 4 is 22.6 Å². The minimum Gasteiger partial charge on any atom is -0.456 e. The molecule has 0 spiro atoms. The lowest BCUT2D eigenvalue weighted by Gasteiger charge is -2.24. The van der Waals surface area contributed by atoms with Crippen LogP contribution in [-0.2, 0) is 9.47 Å². The number of hydrogen-bond acceptors (Lipinski definition) is 7. The molecular formula is C28H28ClN3O5. The van der Waals surface area contributed by atoms with Crippen LogP contribution in [0, 0.1) is 0 Å². The summed E-state index contributed by atoms with van der Waals surface area (Å²) < 4.78 is 17.0. The number of hydrogen-bond donors (Lipinski definition) is 4. The second-order valence-corrected chi connectivity index (χ2v) is 9.76. The first-order valence-corrected chi connectivity index (χ1v) is 12.8. The summed E-state index contributed by atoms with van der Waals surface area (Å²) in [6.07, 6.45) is -2.09. The molecule has 192 valence electrons. The van der Waals surface area contributed by atoms with Crippen molar-refractivity contribution in [2.24, 2.45) is 0 Å². The highest BCUT2D eigenvalue weighted by molar-refractivity contribution is 6.34. The second kappa shape index (κ2) is 10.4. The van der Waals surface area contributed by atoms with E-state index < -0.39 is 18.3 Å². The summed E-state index contributed by atoms with van der Waals surface area (Å²) in [5, 5.41) is 23.4. The molecule has 0 amide bonds. The SMILES string of the molecule is OC[C@H]1OC[C@@H](Oc2nc3cc(-c4ccc(-c5ccc(C6CNCCO6)cc5)cc4)c(Cl)cc3[nH]2)[C@@H]1O. The number of halogens is 1. The van der Waals surface area contributed by atoms with Crippen molar-refractivity contribution in [3.63, 3.8) is 0 Å². The number of aromatic amines is 1. The van der Waals surface area contributed by atoms with Crippen molar-refractivity contribution in [2.45, 2.75) is 24.4 Å².